The van der Waals surface area contributed by atoms with Crippen LogP contribution in [0, 0.1) is 6.92 Å². The van der Waals surface area contributed by atoms with Crippen LogP contribution in [-0.4, -0.2) is 21.4 Å². The summed E-state index contributed by atoms with van der Waals surface area (Å²) in [5.74, 6) is 0. The van der Waals surface area contributed by atoms with Crippen molar-refractivity contribution in [2.45, 2.75) is 16.7 Å². The van der Waals surface area contributed by atoms with E-state index >= 15 is 0 Å². The zero-order valence-corrected chi connectivity index (χ0v) is 17.9. The summed E-state index contributed by atoms with van der Waals surface area (Å²) in [6.07, 6.45) is 0. The molecule has 3 aromatic rings. The minimum Gasteiger partial charge on any atom is -0.398 e. The summed E-state index contributed by atoms with van der Waals surface area (Å²) in [6.45, 7) is 1.80. The standard InChI is InChI=1S/C19H19N5O5S2/c1-12-3-2-4-15(9-12)30(25,26)24-14-7-5-13(6-8-14)22-23-18-11-19(31(27,28)29)17(21)10-16(18)20/h2-11,24H,20-21H2,1H3,(H,27,28,29)/b23-22+. The van der Waals surface area contributed by atoms with E-state index in [2.05, 4.69) is 15.0 Å². The van der Waals surface area contributed by atoms with Crippen LogP contribution >= 0.6 is 0 Å². The van der Waals surface area contributed by atoms with Crippen LogP contribution in [-0.2, 0) is 20.1 Å². The van der Waals surface area contributed by atoms with E-state index in [-0.39, 0.29) is 22.0 Å². The molecule has 6 N–H and O–H groups in total. The molecule has 0 aliphatic heterocycles. The number of nitrogens with one attached hydrogen (secondary N) is 1. The molecule has 0 radical (unpaired) electrons. The molecule has 3 rings (SSSR count). The summed E-state index contributed by atoms with van der Waals surface area (Å²) in [5, 5.41) is 7.83. The molecule has 0 spiro atoms. The average Bonchev–Trinajstić information content (AvgIpc) is 2.67. The van der Waals surface area contributed by atoms with E-state index in [9.17, 15) is 21.4 Å². The summed E-state index contributed by atoms with van der Waals surface area (Å²) < 4.78 is 59.4. The van der Waals surface area contributed by atoms with Gasteiger partial charge in [0.25, 0.3) is 20.1 Å². The number of hydrogen-bond acceptors (Lipinski definition) is 8. The largest absolute Gasteiger partial charge is 0.398 e. The second kappa shape index (κ2) is 8.34. The fourth-order valence-corrected chi connectivity index (χ4v) is 4.40. The molecule has 0 saturated carbocycles. The zero-order chi connectivity index (χ0) is 22.8. The lowest BCUT2D eigenvalue weighted by Crippen LogP contribution is -2.12. The van der Waals surface area contributed by atoms with Gasteiger partial charge >= 0.3 is 0 Å². The Hall–Kier alpha value is -3.48. The number of benzene rings is 3. The summed E-state index contributed by atoms with van der Waals surface area (Å²) in [7, 11) is -8.30. The zero-order valence-electron chi connectivity index (χ0n) is 16.2. The van der Waals surface area contributed by atoms with E-state index < -0.39 is 25.0 Å². The number of anilines is 3. The van der Waals surface area contributed by atoms with Crippen LogP contribution in [0.25, 0.3) is 0 Å². The number of sulfonamides is 1. The SMILES string of the molecule is Cc1cccc(S(=O)(=O)Nc2ccc(/N=N/c3cc(S(=O)(=O)O)c(N)cc3N)cc2)c1. The smallest absolute Gasteiger partial charge is 0.296 e. The summed E-state index contributed by atoms with van der Waals surface area (Å²) in [5.41, 5.74) is 12.7. The van der Waals surface area contributed by atoms with Crippen LogP contribution < -0.4 is 16.2 Å². The Balaban J connectivity index is 1.81. The van der Waals surface area contributed by atoms with Gasteiger partial charge in [-0.2, -0.15) is 13.5 Å². The number of rotatable bonds is 6. The molecule has 0 atom stereocenters. The number of azo groups is 1. The lowest BCUT2D eigenvalue weighted by Gasteiger charge is -2.09. The van der Waals surface area contributed by atoms with Gasteiger partial charge < -0.3 is 11.5 Å². The van der Waals surface area contributed by atoms with Gasteiger partial charge in [0.1, 0.15) is 10.6 Å². The summed E-state index contributed by atoms with van der Waals surface area (Å²) in [6, 6.07) is 14.7. The van der Waals surface area contributed by atoms with Crippen LogP contribution in [0.15, 0.2) is 80.7 Å². The first-order valence-electron chi connectivity index (χ1n) is 8.73. The quantitative estimate of drug-likeness (QED) is 0.246. The Bertz CT molecular complexity index is 1370. The van der Waals surface area contributed by atoms with Crippen molar-refractivity contribution in [2.24, 2.45) is 10.2 Å². The van der Waals surface area contributed by atoms with Gasteiger partial charge in [-0.05, 0) is 61.0 Å². The third-order valence-electron chi connectivity index (χ3n) is 4.13. The molecule has 31 heavy (non-hydrogen) atoms. The molecule has 0 heterocycles. The Labute approximate surface area is 179 Å². The van der Waals surface area contributed by atoms with Gasteiger partial charge in [0.2, 0.25) is 0 Å². The minimum atomic E-state index is -4.55. The number of nitrogens with two attached hydrogens (primary N) is 2. The molecular formula is C19H19N5O5S2. The van der Waals surface area contributed by atoms with Gasteiger partial charge in [0.05, 0.1) is 22.0 Å². The van der Waals surface area contributed by atoms with Crippen LogP contribution in [0.5, 0.6) is 0 Å². The van der Waals surface area contributed by atoms with Crippen LogP contribution in [0.1, 0.15) is 5.56 Å². The second-order valence-electron chi connectivity index (χ2n) is 6.59. The highest BCUT2D eigenvalue weighted by molar-refractivity contribution is 7.92. The van der Waals surface area contributed by atoms with Gasteiger partial charge in [-0.1, -0.05) is 12.1 Å². The fraction of sp³-hybridized carbons (Fsp3) is 0.0526. The van der Waals surface area contributed by atoms with Crippen molar-refractivity contribution in [1.82, 2.24) is 0 Å². The molecule has 0 aromatic heterocycles. The van der Waals surface area contributed by atoms with Crippen molar-refractivity contribution >= 4 is 48.6 Å². The first kappa shape index (κ1) is 22.2. The van der Waals surface area contributed by atoms with E-state index in [4.69, 9.17) is 11.5 Å². The Morgan fingerprint density at radius 1 is 0.871 bits per heavy atom. The van der Waals surface area contributed by atoms with E-state index in [1.54, 1.807) is 25.1 Å². The molecule has 0 unspecified atom stereocenters. The maximum absolute atomic E-state index is 12.5. The van der Waals surface area contributed by atoms with Gasteiger partial charge in [0.15, 0.2) is 0 Å². The first-order valence-corrected chi connectivity index (χ1v) is 11.7. The topological polar surface area (TPSA) is 177 Å². The highest BCUT2D eigenvalue weighted by Gasteiger charge is 2.17. The molecule has 0 fully saturated rings. The fourth-order valence-electron chi connectivity index (χ4n) is 2.62. The molecule has 10 nitrogen and oxygen atoms in total. The Morgan fingerprint density at radius 2 is 1.55 bits per heavy atom. The normalized spacial score (nSPS) is 12.2. The van der Waals surface area contributed by atoms with Crippen LogP contribution in [0.2, 0.25) is 0 Å². The molecule has 162 valence electrons. The number of nitrogen functional groups attached to an aromatic ring is 2. The minimum absolute atomic E-state index is 0.00829. The molecule has 12 heteroatoms. The Kier molecular flexibility index (Phi) is 5.97. The van der Waals surface area contributed by atoms with Gasteiger partial charge in [0, 0.05) is 5.69 Å². The van der Waals surface area contributed by atoms with E-state index in [1.165, 1.54) is 30.3 Å². The summed E-state index contributed by atoms with van der Waals surface area (Å²) in [4.78, 5) is -0.388. The maximum Gasteiger partial charge on any atom is 0.296 e. The lowest BCUT2D eigenvalue weighted by molar-refractivity contribution is 0.483. The van der Waals surface area contributed by atoms with Crippen molar-refractivity contribution in [1.29, 1.82) is 0 Å². The van der Waals surface area contributed by atoms with Crippen molar-refractivity contribution in [2.75, 3.05) is 16.2 Å². The average molecular weight is 462 g/mol. The predicted octanol–water partition coefficient (Wildman–Crippen LogP) is 3.62. The van der Waals surface area contributed by atoms with Crippen molar-refractivity contribution in [3.8, 4) is 0 Å². The van der Waals surface area contributed by atoms with Crippen LogP contribution in [0.4, 0.5) is 28.4 Å². The number of aryl methyl sites for hydroxylation is 1. The summed E-state index contributed by atoms with van der Waals surface area (Å²) >= 11 is 0. The van der Waals surface area contributed by atoms with Crippen molar-refractivity contribution in [3.05, 3.63) is 66.2 Å². The van der Waals surface area contributed by atoms with E-state index in [1.807, 2.05) is 0 Å². The molecule has 0 saturated heterocycles. The van der Waals surface area contributed by atoms with Gasteiger partial charge in [-0.25, -0.2) is 8.42 Å². The lowest BCUT2D eigenvalue weighted by atomic mass is 10.2. The first-order chi connectivity index (χ1) is 14.5. The molecule has 0 aliphatic carbocycles. The maximum atomic E-state index is 12.5. The number of hydrogen-bond donors (Lipinski definition) is 4. The Morgan fingerprint density at radius 3 is 2.16 bits per heavy atom. The van der Waals surface area contributed by atoms with Gasteiger partial charge in [-0.15, -0.1) is 5.11 Å². The third kappa shape index (κ3) is 5.36. The molecule has 0 bridgehead atoms. The van der Waals surface area contributed by atoms with Crippen molar-refractivity contribution < 1.29 is 21.4 Å². The van der Waals surface area contributed by atoms with Crippen LogP contribution in [0.3, 0.4) is 0 Å². The van der Waals surface area contributed by atoms with E-state index in [0.717, 1.165) is 17.7 Å². The van der Waals surface area contributed by atoms with E-state index in [0.29, 0.717) is 11.4 Å². The second-order valence-corrected chi connectivity index (χ2v) is 9.67. The molecular weight excluding hydrogens is 442 g/mol. The molecule has 0 amide bonds. The van der Waals surface area contributed by atoms with Gasteiger partial charge in [-0.3, -0.25) is 9.27 Å². The number of nitrogens with zero attached hydrogens (tertiary/aromatic N) is 2. The van der Waals surface area contributed by atoms with Crippen molar-refractivity contribution in [3.63, 3.8) is 0 Å². The predicted molar refractivity (Wildman–Crippen MR) is 118 cm³/mol. The molecule has 0 aliphatic rings. The highest BCUT2D eigenvalue weighted by atomic mass is 32.2. The highest BCUT2D eigenvalue weighted by Crippen LogP contribution is 2.32. The monoisotopic (exact) mass is 461 g/mol. The third-order valence-corrected chi connectivity index (χ3v) is 6.42. The molecule has 3 aromatic carbocycles.